The first-order valence-corrected chi connectivity index (χ1v) is 10.1. The number of nitrogens with one attached hydrogen (secondary N) is 1. The van der Waals surface area contributed by atoms with Crippen molar-refractivity contribution in [3.63, 3.8) is 0 Å². The average Bonchev–Trinajstić information content (AvgIpc) is 3.14. The number of carbonyl (C=O) groups excluding carboxylic acids is 1. The van der Waals surface area contributed by atoms with E-state index >= 15 is 0 Å². The number of hydrogen-bond acceptors (Lipinski definition) is 4. The van der Waals surface area contributed by atoms with Crippen molar-refractivity contribution in [2.75, 3.05) is 39.4 Å². The van der Waals surface area contributed by atoms with Crippen LogP contribution in [0, 0.1) is 0 Å². The van der Waals surface area contributed by atoms with Crippen molar-refractivity contribution in [2.24, 2.45) is 0 Å². The summed E-state index contributed by atoms with van der Waals surface area (Å²) in [6, 6.07) is 8.06. The molecule has 1 aromatic carbocycles. The standard InChI is InChI=1S/C20H28ClN3O2/c1-20-17(13-26-14-18(20)23-8-2-3-9-23)22-7-10-24(20)19(25)12-15-5-4-6-16(21)11-15/h4-6,11,17-18,22H,2-3,7-10,12-14H2,1H3/t17-,18?,20?/m0/s1. The molecule has 3 aliphatic heterocycles. The van der Waals surface area contributed by atoms with E-state index in [9.17, 15) is 4.79 Å². The second kappa shape index (κ2) is 7.47. The Morgan fingerprint density at radius 3 is 2.88 bits per heavy atom. The van der Waals surface area contributed by atoms with Gasteiger partial charge < -0.3 is 15.0 Å². The highest BCUT2D eigenvalue weighted by Crippen LogP contribution is 2.35. The summed E-state index contributed by atoms with van der Waals surface area (Å²) in [4.78, 5) is 17.9. The minimum Gasteiger partial charge on any atom is -0.378 e. The fourth-order valence-corrected chi connectivity index (χ4v) is 5.14. The van der Waals surface area contributed by atoms with Gasteiger partial charge in [-0.1, -0.05) is 23.7 Å². The van der Waals surface area contributed by atoms with E-state index in [1.165, 1.54) is 12.8 Å². The van der Waals surface area contributed by atoms with E-state index in [-0.39, 0.29) is 23.5 Å². The summed E-state index contributed by atoms with van der Waals surface area (Å²) < 4.78 is 5.93. The third kappa shape index (κ3) is 3.26. The average molecular weight is 378 g/mol. The van der Waals surface area contributed by atoms with Crippen molar-refractivity contribution in [3.05, 3.63) is 34.9 Å². The maximum absolute atomic E-state index is 13.3. The van der Waals surface area contributed by atoms with Crippen LogP contribution in [0.4, 0.5) is 0 Å². The number of likely N-dealkylation sites (tertiary alicyclic amines) is 1. The van der Waals surface area contributed by atoms with Gasteiger partial charge in [0.25, 0.3) is 0 Å². The zero-order valence-electron chi connectivity index (χ0n) is 15.4. The van der Waals surface area contributed by atoms with E-state index < -0.39 is 0 Å². The van der Waals surface area contributed by atoms with Crippen molar-refractivity contribution in [3.8, 4) is 0 Å². The highest BCUT2D eigenvalue weighted by atomic mass is 35.5. The van der Waals surface area contributed by atoms with Crippen LogP contribution in [0.3, 0.4) is 0 Å². The largest absolute Gasteiger partial charge is 0.378 e. The molecule has 0 bridgehead atoms. The summed E-state index contributed by atoms with van der Waals surface area (Å²) in [5, 5.41) is 4.29. The Labute approximate surface area is 160 Å². The van der Waals surface area contributed by atoms with Gasteiger partial charge in [0.15, 0.2) is 0 Å². The molecule has 4 rings (SSSR count). The first kappa shape index (κ1) is 18.2. The van der Waals surface area contributed by atoms with Gasteiger partial charge >= 0.3 is 0 Å². The summed E-state index contributed by atoms with van der Waals surface area (Å²) in [6.45, 7) is 7.40. The lowest BCUT2D eigenvalue weighted by molar-refractivity contribution is -0.157. The fourth-order valence-electron chi connectivity index (χ4n) is 4.93. The minimum atomic E-state index is -0.240. The molecule has 6 heteroatoms. The Bertz CT molecular complexity index is 662. The van der Waals surface area contributed by atoms with Crippen molar-refractivity contribution in [1.82, 2.24) is 15.1 Å². The third-order valence-corrected chi connectivity index (χ3v) is 6.61. The molecule has 0 radical (unpaired) electrons. The van der Waals surface area contributed by atoms with E-state index in [2.05, 4.69) is 22.0 Å². The molecule has 1 amide bonds. The van der Waals surface area contributed by atoms with Crippen LogP contribution < -0.4 is 5.32 Å². The first-order chi connectivity index (χ1) is 12.6. The number of benzene rings is 1. The van der Waals surface area contributed by atoms with Crippen LogP contribution in [0.25, 0.3) is 0 Å². The van der Waals surface area contributed by atoms with Crippen LogP contribution in [0.5, 0.6) is 0 Å². The van der Waals surface area contributed by atoms with Crippen LogP contribution in [-0.4, -0.2) is 72.7 Å². The van der Waals surface area contributed by atoms with Crippen LogP contribution in [0.15, 0.2) is 24.3 Å². The molecule has 26 heavy (non-hydrogen) atoms. The SMILES string of the molecule is CC12C(N3CCCC3)COC[C@@H]1NCCN2C(=O)Cc1cccc(Cl)c1. The van der Waals surface area contributed by atoms with Crippen molar-refractivity contribution < 1.29 is 9.53 Å². The van der Waals surface area contributed by atoms with Crippen LogP contribution in [0.2, 0.25) is 5.02 Å². The smallest absolute Gasteiger partial charge is 0.227 e. The number of nitrogens with zero attached hydrogens (tertiary/aromatic N) is 2. The lowest BCUT2D eigenvalue weighted by Crippen LogP contribution is -2.78. The molecule has 0 aliphatic carbocycles. The van der Waals surface area contributed by atoms with E-state index in [0.29, 0.717) is 24.7 Å². The second-order valence-electron chi connectivity index (χ2n) is 7.88. The Morgan fingerprint density at radius 1 is 1.31 bits per heavy atom. The van der Waals surface area contributed by atoms with E-state index in [1.54, 1.807) is 0 Å². The molecule has 0 aromatic heterocycles. The summed E-state index contributed by atoms with van der Waals surface area (Å²) in [5.41, 5.74) is 0.738. The lowest BCUT2D eigenvalue weighted by Gasteiger charge is -2.58. The van der Waals surface area contributed by atoms with Crippen LogP contribution in [-0.2, 0) is 16.0 Å². The Balaban J connectivity index is 1.59. The Morgan fingerprint density at radius 2 is 2.12 bits per heavy atom. The summed E-state index contributed by atoms with van der Waals surface area (Å²) in [7, 11) is 0. The molecule has 3 atom stereocenters. The zero-order valence-corrected chi connectivity index (χ0v) is 16.2. The molecule has 3 heterocycles. The number of rotatable bonds is 3. The minimum absolute atomic E-state index is 0.180. The van der Waals surface area contributed by atoms with E-state index in [4.69, 9.17) is 16.3 Å². The molecule has 0 saturated carbocycles. The molecule has 2 unspecified atom stereocenters. The third-order valence-electron chi connectivity index (χ3n) is 6.37. The molecule has 1 N–H and O–H groups in total. The number of hydrogen-bond donors (Lipinski definition) is 1. The number of halogens is 1. The van der Waals surface area contributed by atoms with E-state index in [0.717, 1.165) is 31.7 Å². The number of amides is 1. The van der Waals surface area contributed by atoms with Crippen molar-refractivity contribution in [1.29, 1.82) is 0 Å². The normalized spacial score (nSPS) is 32.5. The van der Waals surface area contributed by atoms with Crippen molar-refractivity contribution >= 4 is 17.5 Å². The van der Waals surface area contributed by atoms with Gasteiger partial charge in [-0.3, -0.25) is 9.69 Å². The molecule has 0 spiro atoms. The van der Waals surface area contributed by atoms with Gasteiger partial charge in [-0.25, -0.2) is 0 Å². The molecular formula is C20H28ClN3O2. The van der Waals surface area contributed by atoms with E-state index in [1.807, 2.05) is 24.3 Å². The Kier molecular flexibility index (Phi) is 5.24. The molecule has 3 fully saturated rings. The number of piperazine rings is 1. The van der Waals surface area contributed by atoms with Gasteiger partial charge in [0.2, 0.25) is 5.91 Å². The highest BCUT2D eigenvalue weighted by Gasteiger charge is 2.54. The predicted octanol–water partition coefficient (Wildman–Crippen LogP) is 1.94. The molecule has 3 aliphatic rings. The quantitative estimate of drug-likeness (QED) is 0.874. The second-order valence-corrected chi connectivity index (χ2v) is 8.32. The topological polar surface area (TPSA) is 44.8 Å². The molecule has 1 aromatic rings. The number of carbonyl (C=O) groups is 1. The Hall–Kier alpha value is -1.14. The highest BCUT2D eigenvalue weighted by molar-refractivity contribution is 6.30. The maximum atomic E-state index is 13.3. The predicted molar refractivity (Wildman–Crippen MR) is 102 cm³/mol. The summed E-state index contributed by atoms with van der Waals surface area (Å²) in [5.74, 6) is 0.187. The maximum Gasteiger partial charge on any atom is 0.227 e. The summed E-state index contributed by atoms with van der Waals surface area (Å²) in [6.07, 6.45) is 2.87. The van der Waals surface area contributed by atoms with Crippen molar-refractivity contribution in [2.45, 2.75) is 43.8 Å². The molecule has 5 nitrogen and oxygen atoms in total. The van der Waals surface area contributed by atoms with Gasteiger partial charge in [-0.15, -0.1) is 0 Å². The van der Waals surface area contributed by atoms with Crippen LogP contribution >= 0.6 is 11.6 Å². The number of ether oxygens (including phenoxy) is 1. The summed E-state index contributed by atoms with van der Waals surface area (Å²) >= 11 is 6.10. The number of fused-ring (bicyclic) bond motifs is 1. The van der Waals surface area contributed by atoms with Gasteiger partial charge in [-0.2, -0.15) is 0 Å². The fraction of sp³-hybridized carbons (Fsp3) is 0.650. The van der Waals surface area contributed by atoms with Gasteiger partial charge in [0, 0.05) is 18.1 Å². The van der Waals surface area contributed by atoms with Gasteiger partial charge in [0.05, 0.1) is 37.3 Å². The first-order valence-electron chi connectivity index (χ1n) is 9.69. The molecule has 3 saturated heterocycles. The van der Waals surface area contributed by atoms with Gasteiger partial charge in [-0.05, 0) is 50.6 Å². The zero-order chi connectivity index (χ0) is 18.1. The molecule has 142 valence electrons. The van der Waals surface area contributed by atoms with Crippen LogP contribution in [0.1, 0.15) is 25.3 Å². The van der Waals surface area contributed by atoms with Gasteiger partial charge in [0.1, 0.15) is 0 Å². The molecular weight excluding hydrogens is 350 g/mol. The monoisotopic (exact) mass is 377 g/mol. The lowest BCUT2D eigenvalue weighted by atomic mass is 9.78.